The van der Waals surface area contributed by atoms with E-state index in [1.165, 1.54) is 10.9 Å². The number of carbonyl (C=O) groups excluding carboxylic acids is 2. The Morgan fingerprint density at radius 2 is 2.18 bits per heavy atom. The lowest BCUT2D eigenvalue weighted by Crippen LogP contribution is -2.21. The Hall–Kier alpha value is -1.77. The number of amides is 1. The summed E-state index contributed by atoms with van der Waals surface area (Å²) in [6.07, 6.45) is 1.67. The van der Waals surface area contributed by atoms with Gasteiger partial charge in [0.1, 0.15) is 5.69 Å². The molecule has 1 aromatic rings. The quantitative estimate of drug-likeness (QED) is 0.587. The first-order valence-corrected chi connectivity index (χ1v) is 6.59. The number of hydrogen-bond donors (Lipinski definition) is 1. The van der Waals surface area contributed by atoms with Crippen LogP contribution >= 0.6 is 0 Å². The van der Waals surface area contributed by atoms with Crippen molar-refractivity contribution < 1.29 is 18.0 Å². The van der Waals surface area contributed by atoms with Gasteiger partial charge in [0.25, 0.3) is 0 Å². The first-order chi connectivity index (χ1) is 7.93. The van der Waals surface area contributed by atoms with E-state index >= 15 is 0 Å². The summed E-state index contributed by atoms with van der Waals surface area (Å²) >= 11 is 0. The average molecular weight is 260 g/mol. The third-order valence-corrected chi connectivity index (χ3v) is 3.60. The summed E-state index contributed by atoms with van der Waals surface area (Å²) in [4.78, 5) is 20.8. The normalized spacial score (nSPS) is 11.3. The highest BCUT2D eigenvalue weighted by atomic mass is 32.2. The number of rotatable bonds is 7. The standard InChI is InChI=1S/C8H12N4O4S/c9-8(14)1-3-17(15,16)4-2-12-5-7(6-13)10-11-12/h5-6H,1-4H2,(H2,9,14). The molecule has 8 nitrogen and oxygen atoms in total. The van der Waals surface area contributed by atoms with Crippen LogP contribution in [0.1, 0.15) is 16.9 Å². The molecule has 0 fully saturated rings. The molecule has 0 atom stereocenters. The summed E-state index contributed by atoms with van der Waals surface area (Å²) in [7, 11) is -3.35. The van der Waals surface area contributed by atoms with Crippen LogP contribution in [-0.4, -0.2) is 47.1 Å². The number of aromatic nitrogens is 3. The lowest BCUT2D eigenvalue weighted by molar-refractivity contribution is -0.117. The van der Waals surface area contributed by atoms with E-state index in [1.807, 2.05) is 0 Å². The zero-order valence-corrected chi connectivity index (χ0v) is 9.76. The first kappa shape index (κ1) is 13.3. The first-order valence-electron chi connectivity index (χ1n) is 4.77. The van der Waals surface area contributed by atoms with Crippen LogP contribution in [-0.2, 0) is 21.2 Å². The van der Waals surface area contributed by atoms with Crippen LogP contribution in [0.25, 0.3) is 0 Å². The maximum absolute atomic E-state index is 11.4. The number of primary amides is 1. The number of carbonyl (C=O) groups is 2. The molecule has 0 bridgehead atoms. The third-order valence-electron chi connectivity index (χ3n) is 1.97. The molecule has 0 aliphatic rings. The molecule has 0 aliphatic heterocycles. The second kappa shape index (κ2) is 5.53. The van der Waals surface area contributed by atoms with E-state index in [0.717, 1.165) is 0 Å². The summed E-state index contributed by atoms with van der Waals surface area (Å²) in [6, 6.07) is 0. The summed E-state index contributed by atoms with van der Waals surface area (Å²) in [5, 5.41) is 7.05. The molecule has 1 amide bonds. The molecule has 17 heavy (non-hydrogen) atoms. The van der Waals surface area contributed by atoms with Gasteiger partial charge in [-0.25, -0.2) is 8.42 Å². The van der Waals surface area contributed by atoms with E-state index in [9.17, 15) is 18.0 Å². The van der Waals surface area contributed by atoms with E-state index in [-0.39, 0.29) is 30.2 Å². The van der Waals surface area contributed by atoms with Crippen molar-refractivity contribution in [3.63, 3.8) is 0 Å². The van der Waals surface area contributed by atoms with Crippen molar-refractivity contribution in [2.24, 2.45) is 5.73 Å². The minimum atomic E-state index is -3.35. The highest BCUT2D eigenvalue weighted by molar-refractivity contribution is 7.91. The number of nitrogens with zero attached hydrogens (tertiary/aromatic N) is 3. The molecule has 1 heterocycles. The molecule has 1 aromatic heterocycles. The Labute approximate surface area is 97.7 Å². The fourth-order valence-electron chi connectivity index (χ4n) is 1.07. The number of aryl methyl sites for hydroxylation is 1. The van der Waals surface area contributed by atoms with Crippen molar-refractivity contribution in [3.8, 4) is 0 Å². The molecule has 0 aliphatic carbocycles. The number of nitrogens with two attached hydrogens (primary N) is 1. The van der Waals surface area contributed by atoms with E-state index in [4.69, 9.17) is 5.73 Å². The largest absolute Gasteiger partial charge is 0.370 e. The number of aldehydes is 1. The zero-order valence-electron chi connectivity index (χ0n) is 8.94. The Kier molecular flexibility index (Phi) is 4.32. The molecular weight excluding hydrogens is 248 g/mol. The van der Waals surface area contributed by atoms with Gasteiger partial charge in [0.15, 0.2) is 16.1 Å². The molecule has 2 N–H and O–H groups in total. The van der Waals surface area contributed by atoms with Crippen LogP contribution < -0.4 is 5.73 Å². The molecular formula is C8H12N4O4S. The molecule has 0 radical (unpaired) electrons. The van der Waals surface area contributed by atoms with Crippen LogP contribution in [0.5, 0.6) is 0 Å². The number of hydrogen-bond acceptors (Lipinski definition) is 6. The Morgan fingerprint density at radius 1 is 1.47 bits per heavy atom. The maximum Gasteiger partial charge on any atom is 0.218 e. The van der Waals surface area contributed by atoms with Crippen molar-refractivity contribution >= 4 is 22.0 Å². The van der Waals surface area contributed by atoms with Crippen molar-refractivity contribution in [1.82, 2.24) is 15.0 Å². The topological polar surface area (TPSA) is 125 Å². The van der Waals surface area contributed by atoms with Crippen LogP contribution in [0.3, 0.4) is 0 Å². The molecule has 9 heteroatoms. The van der Waals surface area contributed by atoms with Gasteiger partial charge in [-0.05, 0) is 0 Å². The predicted octanol–water partition coefficient (Wildman–Crippen LogP) is -1.62. The van der Waals surface area contributed by atoms with Gasteiger partial charge in [0.2, 0.25) is 5.91 Å². The van der Waals surface area contributed by atoms with Gasteiger partial charge >= 0.3 is 0 Å². The zero-order chi connectivity index (χ0) is 12.9. The lowest BCUT2D eigenvalue weighted by atomic mass is 10.5. The van der Waals surface area contributed by atoms with E-state index in [2.05, 4.69) is 10.3 Å². The SMILES string of the molecule is NC(=O)CCS(=O)(=O)CCn1cc(C=O)nn1. The van der Waals surface area contributed by atoms with Crippen molar-refractivity contribution in [2.45, 2.75) is 13.0 Å². The van der Waals surface area contributed by atoms with Crippen molar-refractivity contribution in [1.29, 1.82) is 0 Å². The molecule has 1 rings (SSSR count). The van der Waals surface area contributed by atoms with Gasteiger partial charge < -0.3 is 5.73 Å². The van der Waals surface area contributed by atoms with Gasteiger partial charge in [-0.2, -0.15) is 0 Å². The van der Waals surface area contributed by atoms with Crippen molar-refractivity contribution in [2.75, 3.05) is 11.5 Å². The summed E-state index contributed by atoms with van der Waals surface area (Å²) in [6.45, 7) is 0.0853. The minimum absolute atomic E-state index is 0.0853. The highest BCUT2D eigenvalue weighted by Gasteiger charge is 2.13. The van der Waals surface area contributed by atoms with Gasteiger partial charge in [-0.15, -0.1) is 5.10 Å². The van der Waals surface area contributed by atoms with Crippen LogP contribution in [0.4, 0.5) is 0 Å². The lowest BCUT2D eigenvalue weighted by Gasteiger charge is -2.02. The smallest absolute Gasteiger partial charge is 0.218 e. The Bertz CT molecular complexity index is 507. The minimum Gasteiger partial charge on any atom is -0.370 e. The fourth-order valence-corrected chi connectivity index (χ4v) is 2.25. The molecule has 94 valence electrons. The summed E-state index contributed by atoms with van der Waals surface area (Å²) in [5.74, 6) is -1.11. The second-order valence-electron chi connectivity index (χ2n) is 3.39. The van der Waals surface area contributed by atoms with Gasteiger partial charge in [0.05, 0.1) is 24.2 Å². The van der Waals surface area contributed by atoms with Crippen LogP contribution in [0, 0.1) is 0 Å². The molecule has 0 unspecified atom stereocenters. The van der Waals surface area contributed by atoms with E-state index in [1.54, 1.807) is 0 Å². The molecule has 0 aromatic carbocycles. The van der Waals surface area contributed by atoms with Crippen LogP contribution in [0.2, 0.25) is 0 Å². The van der Waals surface area contributed by atoms with Crippen molar-refractivity contribution in [3.05, 3.63) is 11.9 Å². The Balaban J connectivity index is 2.49. The summed E-state index contributed by atoms with van der Waals surface area (Å²) in [5.41, 5.74) is 5.00. The van der Waals surface area contributed by atoms with E-state index in [0.29, 0.717) is 6.29 Å². The van der Waals surface area contributed by atoms with Gasteiger partial charge in [-0.1, -0.05) is 5.21 Å². The van der Waals surface area contributed by atoms with E-state index < -0.39 is 15.7 Å². The highest BCUT2D eigenvalue weighted by Crippen LogP contribution is 1.97. The molecule has 0 spiro atoms. The second-order valence-corrected chi connectivity index (χ2v) is 5.70. The molecule has 0 saturated carbocycles. The predicted molar refractivity (Wildman–Crippen MR) is 57.9 cm³/mol. The maximum atomic E-state index is 11.4. The average Bonchev–Trinajstić information content (AvgIpc) is 2.72. The summed E-state index contributed by atoms with van der Waals surface area (Å²) < 4.78 is 24.1. The third kappa shape index (κ3) is 4.72. The molecule has 0 saturated heterocycles. The van der Waals surface area contributed by atoms with Gasteiger partial charge in [-0.3, -0.25) is 14.3 Å². The monoisotopic (exact) mass is 260 g/mol. The van der Waals surface area contributed by atoms with Gasteiger partial charge in [0, 0.05) is 6.42 Å². The van der Waals surface area contributed by atoms with Crippen LogP contribution in [0.15, 0.2) is 6.20 Å². The fraction of sp³-hybridized carbons (Fsp3) is 0.500. The number of sulfone groups is 1. The Morgan fingerprint density at radius 3 is 2.71 bits per heavy atom.